The molecule has 0 aromatic rings. The van der Waals surface area contributed by atoms with Crippen LogP contribution in [0.5, 0.6) is 0 Å². The molecule has 1 saturated heterocycles. The van der Waals surface area contributed by atoms with Crippen molar-refractivity contribution >= 4 is 5.91 Å². The van der Waals surface area contributed by atoms with Crippen LogP contribution in [0.4, 0.5) is 0 Å². The van der Waals surface area contributed by atoms with E-state index in [-0.39, 0.29) is 12.5 Å². The first-order valence-corrected chi connectivity index (χ1v) is 22.1. The number of hydrogen-bond acceptors (Lipinski definition) is 8. The number of aliphatic hydroxyl groups is 5. The molecule has 7 unspecified atom stereocenters. The van der Waals surface area contributed by atoms with Crippen LogP contribution in [0, 0.1) is 0 Å². The van der Waals surface area contributed by atoms with Crippen molar-refractivity contribution < 1.29 is 39.8 Å². The normalized spacial score (nSPS) is 21.9. The number of rotatable bonds is 34. The van der Waals surface area contributed by atoms with Gasteiger partial charge in [0.2, 0.25) is 5.91 Å². The molecule has 0 spiro atoms. The van der Waals surface area contributed by atoms with E-state index >= 15 is 0 Å². The molecule has 7 atom stereocenters. The minimum Gasteiger partial charge on any atom is -0.394 e. The molecule has 1 aliphatic heterocycles. The summed E-state index contributed by atoms with van der Waals surface area (Å²) in [6.45, 7) is 3.46. The van der Waals surface area contributed by atoms with Gasteiger partial charge >= 0.3 is 0 Å². The Balaban J connectivity index is 2.15. The van der Waals surface area contributed by atoms with Crippen LogP contribution in [0.1, 0.15) is 136 Å². The predicted molar refractivity (Wildman–Crippen MR) is 239 cm³/mol. The van der Waals surface area contributed by atoms with E-state index in [9.17, 15) is 30.3 Å². The summed E-state index contributed by atoms with van der Waals surface area (Å²) >= 11 is 0. The van der Waals surface area contributed by atoms with Gasteiger partial charge in [-0.25, -0.2) is 0 Å². The van der Waals surface area contributed by atoms with Crippen molar-refractivity contribution in [1.82, 2.24) is 5.32 Å². The molecule has 0 aromatic heterocycles. The first kappa shape index (κ1) is 52.9. The summed E-state index contributed by atoms with van der Waals surface area (Å²) in [4.78, 5) is 12.8. The van der Waals surface area contributed by atoms with Gasteiger partial charge in [-0.3, -0.25) is 4.79 Å². The van der Waals surface area contributed by atoms with E-state index in [0.29, 0.717) is 6.42 Å². The Labute approximate surface area is 351 Å². The molecule has 0 aromatic carbocycles. The van der Waals surface area contributed by atoms with E-state index in [1.807, 2.05) is 6.08 Å². The zero-order valence-electron chi connectivity index (χ0n) is 35.7. The van der Waals surface area contributed by atoms with Crippen LogP contribution < -0.4 is 5.32 Å². The maximum Gasteiger partial charge on any atom is 0.220 e. The van der Waals surface area contributed by atoms with Gasteiger partial charge in [-0.15, -0.1) is 0 Å². The molecule has 1 rings (SSSR count). The van der Waals surface area contributed by atoms with Crippen molar-refractivity contribution in [2.75, 3.05) is 13.2 Å². The van der Waals surface area contributed by atoms with Gasteiger partial charge in [0, 0.05) is 6.42 Å². The number of allylic oxidation sites excluding steroid dienone is 17. The van der Waals surface area contributed by atoms with Gasteiger partial charge < -0.3 is 40.3 Å². The number of carbonyl (C=O) groups excluding carboxylic acids is 1. The van der Waals surface area contributed by atoms with Gasteiger partial charge in [-0.2, -0.15) is 0 Å². The molecule has 0 bridgehead atoms. The van der Waals surface area contributed by atoms with E-state index in [0.717, 1.165) is 116 Å². The molecule has 9 heteroatoms. The molecule has 0 radical (unpaired) electrons. The van der Waals surface area contributed by atoms with Crippen LogP contribution in [0.3, 0.4) is 0 Å². The Morgan fingerprint density at radius 3 is 1.57 bits per heavy atom. The third-order valence-corrected chi connectivity index (χ3v) is 9.60. The van der Waals surface area contributed by atoms with Crippen molar-refractivity contribution in [3.05, 3.63) is 109 Å². The molecule has 1 amide bonds. The van der Waals surface area contributed by atoms with Crippen molar-refractivity contribution in [1.29, 1.82) is 0 Å². The SMILES string of the molecule is CC/C=C\C/C=C\C/C=C\C/C=C\C/C=C\C/C=C\C/C=C\C/C=C\CCCCCCCCC(=O)NC(COC1OC(CO)C(O)C(O)C1O)C(O)/C=C/CCCC. The van der Waals surface area contributed by atoms with E-state index in [4.69, 9.17) is 9.47 Å². The number of ether oxygens (including phenoxy) is 2. The average molecular weight is 810 g/mol. The lowest BCUT2D eigenvalue weighted by atomic mass is 9.99. The second-order valence-electron chi connectivity index (χ2n) is 14.8. The van der Waals surface area contributed by atoms with Crippen molar-refractivity contribution in [3.8, 4) is 0 Å². The Bertz CT molecular complexity index is 1260. The molecule has 9 nitrogen and oxygen atoms in total. The van der Waals surface area contributed by atoms with Crippen LogP contribution in [0.25, 0.3) is 0 Å². The second-order valence-corrected chi connectivity index (χ2v) is 14.8. The summed E-state index contributed by atoms with van der Waals surface area (Å²) in [7, 11) is 0. The van der Waals surface area contributed by atoms with Crippen LogP contribution in [0.15, 0.2) is 109 Å². The van der Waals surface area contributed by atoms with Crippen molar-refractivity contribution in [2.45, 2.75) is 179 Å². The zero-order chi connectivity index (χ0) is 42.3. The predicted octanol–water partition coefficient (Wildman–Crippen LogP) is 9.11. The summed E-state index contributed by atoms with van der Waals surface area (Å²) < 4.78 is 11.1. The number of nitrogens with one attached hydrogen (secondary N) is 1. The van der Waals surface area contributed by atoms with Gasteiger partial charge in [0.1, 0.15) is 24.4 Å². The second kappa shape index (κ2) is 38.1. The van der Waals surface area contributed by atoms with Crippen molar-refractivity contribution in [2.24, 2.45) is 0 Å². The summed E-state index contributed by atoms with van der Waals surface area (Å²) in [5.74, 6) is -0.208. The molecule has 6 N–H and O–H groups in total. The lowest BCUT2D eigenvalue weighted by molar-refractivity contribution is -0.302. The highest BCUT2D eigenvalue weighted by Gasteiger charge is 2.44. The highest BCUT2D eigenvalue weighted by Crippen LogP contribution is 2.22. The molecule has 1 aliphatic rings. The fraction of sp³-hybridized carbons (Fsp3) is 0.612. The number of amides is 1. The number of unbranched alkanes of at least 4 members (excludes halogenated alkanes) is 8. The molecular formula is C49H79NO8. The van der Waals surface area contributed by atoms with Gasteiger partial charge in [0.25, 0.3) is 0 Å². The molecule has 1 fully saturated rings. The summed E-state index contributed by atoms with van der Waals surface area (Å²) in [6, 6.07) is -0.816. The topological polar surface area (TPSA) is 149 Å². The Kier molecular flexibility index (Phi) is 34.7. The third kappa shape index (κ3) is 28.3. The summed E-state index contributed by atoms with van der Waals surface area (Å²) in [6.07, 6.45) is 49.2. The van der Waals surface area contributed by atoms with Crippen molar-refractivity contribution in [3.63, 3.8) is 0 Å². The van der Waals surface area contributed by atoms with Crippen LogP contribution in [0.2, 0.25) is 0 Å². The Morgan fingerprint density at radius 1 is 0.603 bits per heavy atom. The quantitative estimate of drug-likeness (QED) is 0.0279. The molecule has 0 saturated carbocycles. The maximum absolute atomic E-state index is 12.8. The Hall–Kier alpha value is -3.15. The molecule has 58 heavy (non-hydrogen) atoms. The van der Waals surface area contributed by atoms with E-state index in [2.05, 4.69) is 116 Å². The molecular weight excluding hydrogens is 731 g/mol. The van der Waals surface area contributed by atoms with E-state index in [1.54, 1.807) is 6.08 Å². The lowest BCUT2D eigenvalue weighted by Crippen LogP contribution is -2.60. The van der Waals surface area contributed by atoms with Crippen LogP contribution >= 0.6 is 0 Å². The standard InChI is InChI=1S/C49H79NO8/c1-3-5-7-9-10-11-12-13-14-15-16-17-18-19-20-21-22-23-24-25-26-27-28-29-30-31-32-33-34-35-37-39-45(53)50-42(43(52)38-36-8-6-4-2)41-57-49-48(56)47(55)46(54)44(40-51)58-49/h5,7,10-11,13-14,16-17,19-20,22-23,25-26,28-29,36,38,42-44,46-49,51-52,54-56H,3-4,6,8-9,12,15,18,21,24,27,30-35,37,39-41H2,1-2H3,(H,50,53)/b7-5-,11-10-,14-13-,17-16-,20-19-,23-22-,26-25-,29-28-,38-36+. The third-order valence-electron chi connectivity index (χ3n) is 9.60. The molecule has 0 aliphatic carbocycles. The summed E-state index contributed by atoms with van der Waals surface area (Å²) in [5.41, 5.74) is 0. The minimum atomic E-state index is -1.57. The monoisotopic (exact) mass is 810 g/mol. The minimum absolute atomic E-state index is 0.206. The number of hydrogen-bond donors (Lipinski definition) is 6. The van der Waals surface area contributed by atoms with Gasteiger partial charge in [-0.1, -0.05) is 162 Å². The highest BCUT2D eigenvalue weighted by molar-refractivity contribution is 5.76. The largest absolute Gasteiger partial charge is 0.394 e. The number of carbonyl (C=O) groups is 1. The first-order valence-electron chi connectivity index (χ1n) is 22.1. The van der Waals surface area contributed by atoms with Crippen LogP contribution in [-0.2, 0) is 14.3 Å². The zero-order valence-corrected chi connectivity index (χ0v) is 35.7. The molecule has 1 heterocycles. The summed E-state index contributed by atoms with van der Waals surface area (Å²) in [5, 5.41) is 53.5. The fourth-order valence-electron chi connectivity index (χ4n) is 6.04. The fourth-order valence-corrected chi connectivity index (χ4v) is 6.04. The molecule has 328 valence electrons. The average Bonchev–Trinajstić information content (AvgIpc) is 3.22. The highest BCUT2D eigenvalue weighted by atomic mass is 16.7. The van der Waals surface area contributed by atoms with Crippen LogP contribution in [-0.4, -0.2) is 87.5 Å². The lowest BCUT2D eigenvalue weighted by Gasteiger charge is -2.40. The number of aliphatic hydroxyl groups excluding tert-OH is 5. The Morgan fingerprint density at radius 2 is 1.07 bits per heavy atom. The smallest absolute Gasteiger partial charge is 0.220 e. The van der Waals surface area contributed by atoms with E-state index < -0.39 is 49.5 Å². The van der Waals surface area contributed by atoms with Gasteiger partial charge in [-0.05, 0) is 77.0 Å². The first-order chi connectivity index (χ1) is 28.3. The van der Waals surface area contributed by atoms with Gasteiger partial charge in [0.15, 0.2) is 6.29 Å². The maximum atomic E-state index is 12.8. The van der Waals surface area contributed by atoms with Gasteiger partial charge in [0.05, 0.1) is 25.4 Å². The van der Waals surface area contributed by atoms with E-state index in [1.165, 1.54) is 0 Å².